The minimum Gasteiger partial charge on any atom is -0.383 e. The normalized spacial score (nSPS) is 14.1. The topological polar surface area (TPSA) is 88.0 Å². The van der Waals surface area contributed by atoms with Crippen LogP contribution in [0.3, 0.4) is 0 Å². The van der Waals surface area contributed by atoms with Crippen molar-refractivity contribution < 1.29 is 8.42 Å². The molecule has 4 rings (SSSR count). The molecule has 0 unspecified atom stereocenters. The number of primary sulfonamides is 1. The summed E-state index contributed by atoms with van der Waals surface area (Å²) in [6, 6.07) is 12.9. The summed E-state index contributed by atoms with van der Waals surface area (Å²) < 4.78 is 22.7. The van der Waals surface area contributed by atoms with Gasteiger partial charge in [0.25, 0.3) is 0 Å². The Morgan fingerprint density at radius 3 is 2.64 bits per heavy atom. The third-order valence-corrected chi connectivity index (χ3v) is 6.15. The van der Waals surface area contributed by atoms with Crippen molar-refractivity contribution in [3.63, 3.8) is 0 Å². The predicted octanol–water partition coefficient (Wildman–Crippen LogP) is 4.29. The maximum Gasteiger partial charge on any atom is 0.238 e. The van der Waals surface area contributed by atoms with E-state index in [4.69, 9.17) is 5.14 Å². The molecule has 4 N–H and O–H groups in total. The largest absolute Gasteiger partial charge is 0.383 e. The zero-order valence-corrected chi connectivity index (χ0v) is 16.6. The van der Waals surface area contributed by atoms with Crippen molar-refractivity contribution in [2.75, 3.05) is 11.9 Å². The van der Waals surface area contributed by atoms with Crippen molar-refractivity contribution in [1.29, 1.82) is 0 Å². The molecular weight excluding hydrogens is 370 g/mol. The number of hydrogen-bond donors (Lipinski definition) is 3. The molecular formula is C22H23N3O2S. The van der Waals surface area contributed by atoms with Gasteiger partial charge >= 0.3 is 0 Å². The van der Waals surface area contributed by atoms with Crippen LogP contribution in [0, 0.1) is 0 Å². The number of fused-ring (bicyclic) bond motifs is 3. The zero-order chi connectivity index (χ0) is 19.9. The Bertz CT molecular complexity index is 1200. The smallest absolute Gasteiger partial charge is 0.238 e. The number of para-hydroxylation sites is 1. The third-order valence-electron chi connectivity index (χ3n) is 5.22. The zero-order valence-electron chi connectivity index (χ0n) is 15.7. The maximum atomic E-state index is 11.3. The van der Waals surface area contributed by atoms with Crippen LogP contribution in [0.25, 0.3) is 22.0 Å². The molecule has 0 atom stereocenters. The van der Waals surface area contributed by atoms with Gasteiger partial charge < -0.3 is 10.3 Å². The predicted molar refractivity (Wildman–Crippen MR) is 116 cm³/mol. The minimum absolute atomic E-state index is 0.134. The van der Waals surface area contributed by atoms with Crippen molar-refractivity contribution in [3.05, 3.63) is 71.9 Å². The molecule has 1 aliphatic carbocycles. The van der Waals surface area contributed by atoms with Crippen molar-refractivity contribution in [2.24, 2.45) is 5.14 Å². The number of sulfonamides is 1. The van der Waals surface area contributed by atoms with Crippen LogP contribution >= 0.6 is 0 Å². The van der Waals surface area contributed by atoms with Crippen molar-refractivity contribution in [1.82, 2.24) is 4.98 Å². The van der Waals surface area contributed by atoms with Gasteiger partial charge in [0, 0.05) is 23.2 Å². The molecule has 0 bridgehead atoms. The first-order valence-corrected chi connectivity index (χ1v) is 10.7. The highest BCUT2D eigenvalue weighted by Crippen LogP contribution is 2.39. The molecule has 3 aromatic rings. The first-order valence-electron chi connectivity index (χ1n) is 9.20. The van der Waals surface area contributed by atoms with Gasteiger partial charge in [0.2, 0.25) is 10.0 Å². The molecule has 0 radical (unpaired) electrons. The molecule has 0 saturated carbocycles. The van der Waals surface area contributed by atoms with Gasteiger partial charge in [-0.2, -0.15) is 0 Å². The van der Waals surface area contributed by atoms with Gasteiger partial charge in [-0.1, -0.05) is 36.9 Å². The summed E-state index contributed by atoms with van der Waals surface area (Å²) in [6.07, 6.45) is 3.86. The van der Waals surface area contributed by atoms with Gasteiger partial charge in [-0.3, -0.25) is 0 Å². The molecule has 1 heterocycles. The van der Waals surface area contributed by atoms with Crippen LogP contribution in [0.2, 0.25) is 0 Å². The second-order valence-corrected chi connectivity index (χ2v) is 8.73. The van der Waals surface area contributed by atoms with E-state index in [2.05, 4.69) is 48.1 Å². The lowest BCUT2D eigenvalue weighted by molar-refractivity contribution is 0.598. The van der Waals surface area contributed by atoms with E-state index in [1.807, 2.05) is 0 Å². The van der Waals surface area contributed by atoms with E-state index in [0.717, 1.165) is 47.4 Å². The summed E-state index contributed by atoms with van der Waals surface area (Å²) in [5.74, 6) is 0. The fourth-order valence-corrected chi connectivity index (χ4v) is 4.21. The van der Waals surface area contributed by atoms with E-state index < -0.39 is 10.0 Å². The van der Waals surface area contributed by atoms with Crippen LogP contribution in [0.5, 0.6) is 0 Å². The molecule has 1 aliphatic rings. The van der Waals surface area contributed by atoms with Crippen LogP contribution in [-0.2, 0) is 16.4 Å². The van der Waals surface area contributed by atoms with Gasteiger partial charge in [0.15, 0.2) is 0 Å². The first kappa shape index (κ1) is 18.5. The number of hydrogen-bond acceptors (Lipinski definition) is 3. The van der Waals surface area contributed by atoms with E-state index in [1.54, 1.807) is 24.3 Å². The standard InChI is InChI=1S/C22H23N3O2S/c1-14-6-7-15(2)21-20(14)18-4-3-5-19(22(18)25-21)24-13-12-16-8-10-17(11-9-16)28(23,26)27/h3-5,7-11,24-25H,1,6,12-13H2,2H3,(H2,23,26,27). The molecule has 0 fully saturated rings. The van der Waals surface area contributed by atoms with Gasteiger partial charge in [0.1, 0.15) is 0 Å². The Hall–Kier alpha value is -2.83. The highest BCUT2D eigenvalue weighted by molar-refractivity contribution is 7.89. The van der Waals surface area contributed by atoms with Crippen LogP contribution < -0.4 is 10.5 Å². The van der Waals surface area contributed by atoms with Crippen LogP contribution in [-0.4, -0.2) is 19.9 Å². The minimum atomic E-state index is -3.65. The number of H-pyrrole nitrogens is 1. The van der Waals surface area contributed by atoms with E-state index in [0.29, 0.717) is 0 Å². The summed E-state index contributed by atoms with van der Waals surface area (Å²) in [5.41, 5.74) is 7.95. The SMILES string of the molecule is C=C1CC=C(C)c2[nH]c3c(NCCc4ccc(S(N)(=O)=O)cc4)cccc3c21. The number of allylic oxidation sites excluding steroid dienone is 3. The number of aromatic amines is 1. The summed E-state index contributed by atoms with van der Waals surface area (Å²) in [7, 11) is -3.65. The van der Waals surface area contributed by atoms with E-state index in [-0.39, 0.29) is 4.90 Å². The summed E-state index contributed by atoms with van der Waals surface area (Å²) in [6.45, 7) is 7.08. The highest BCUT2D eigenvalue weighted by atomic mass is 32.2. The van der Waals surface area contributed by atoms with Gasteiger partial charge in [-0.25, -0.2) is 13.6 Å². The summed E-state index contributed by atoms with van der Waals surface area (Å²) in [5, 5.41) is 9.83. The number of aromatic nitrogens is 1. The van der Waals surface area contributed by atoms with Crippen LogP contribution in [0.1, 0.15) is 30.2 Å². The lowest BCUT2D eigenvalue weighted by Gasteiger charge is -2.12. The van der Waals surface area contributed by atoms with Crippen molar-refractivity contribution >= 4 is 37.8 Å². The number of nitrogens with one attached hydrogen (secondary N) is 2. The summed E-state index contributed by atoms with van der Waals surface area (Å²) in [4.78, 5) is 3.70. The molecule has 28 heavy (non-hydrogen) atoms. The Morgan fingerprint density at radius 2 is 1.93 bits per heavy atom. The Balaban J connectivity index is 1.54. The number of anilines is 1. The average Bonchev–Trinajstić information content (AvgIpc) is 3.06. The van der Waals surface area contributed by atoms with E-state index >= 15 is 0 Å². The highest BCUT2D eigenvalue weighted by Gasteiger charge is 2.19. The van der Waals surface area contributed by atoms with Gasteiger partial charge in [-0.15, -0.1) is 0 Å². The molecule has 0 spiro atoms. The molecule has 5 nitrogen and oxygen atoms in total. The number of rotatable bonds is 5. The van der Waals surface area contributed by atoms with Crippen molar-refractivity contribution in [3.8, 4) is 0 Å². The molecule has 0 amide bonds. The number of nitrogens with two attached hydrogens (primary N) is 1. The molecule has 1 aromatic heterocycles. The molecule has 6 heteroatoms. The lowest BCUT2D eigenvalue weighted by Crippen LogP contribution is -2.12. The molecule has 144 valence electrons. The monoisotopic (exact) mass is 393 g/mol. The van der Waals surface area contributed by atoms with Crippen LogP contribution in [0.4, 0.5) is 5.69 Å². The van der Waals surface area contributed by atoms with Gasteiger partial charge in [-0.05, 0) is 54.7 Å². The lowest BCUT2D eigenvalue weighted by atomic mass is 9.92. The first-order chi connectivity index (χ1) is 13.3. The van der Waals surface area contributed by atoms with Gasteiger partial charge in [0.05, 0.1) is 16.1 Å². The second kappa shape index (κ2) is 6.96. The fourth-order valence-electron chi connectivity index (χ4n) is 3.70. The summed E-state index contributed by atoms with van der Waals surface area (Å²) >= 11 is 0. The Morgan fingerprint density at radius 1 is 1.18 bits per heavy atom. The maximum absolute atomic E-state index is 11.3. The number of benzene rings is 2. The van der Waals surface area contributed by atoms with Crippen LogP contribution in [0.15, 0.2) is 60.0 Å². The third kappa shape index (κ3) is 3.37. The Kier molecular flexibility index (Phi) is 4.61. The van der Waals surface area contributed by atoms with E-state index in [9.17, 15) is 8.42 Å². The van der Waals surface area contributed by atoms with Crippen molar-refractivity contribution in [2.45, 2.75) is 24.7 Å². The molecule has 2 aromatic carbocycles. The molecule has 0 saturated heterocycles. The van der Waals surface area contributed by atoms with E-state index in [1.165, 1.54) is 16.5 Å². The molecule has 0 aliphatic heterocycles. The fraction of sp³-hybridized carbons (Fsp3) is 0.182. The quantitative estimate of drug-likeness (QED) is 0.604. The average molecular weight is 394 g/mol. The second-order valence-electron chi connectivity index (χ2n) is 7.16. The Labute approximate surface area is 165 Å².